The summed E-state index contributed by atoms with van der Waals surface area (Å²) in [5, 5.41) is 14.3. The number of hydrogen-bond acceptors (Lipinski definition) is 5. The molecule has 2 aliphatic rings. The largest absolute Gasteiger partial charge is 0.507 e. The SMILES string of the molecule is CC.CC(=O)C(Cc1c(C2CCCNC2)cc(-c2c(O)cccc2CCC2CC2)nc1C)C(N)=O. The number of primary amides is 1. The Kier molecular flexibility index (Phi) is 9.44. The lowest BCUT2D eigenvalue weighted by Crippen LogP contribution is -2.33. The van der Waals surface area contributed by atoms with Crippen molar-refractivity contribution in [2.24, 2.45) is 17.6 Å². The Balaban J connectivity index is 0.00000167. The maximum absolute atomic E-state index is 12.1. The predicted octanol–water partition coefficient (Wildman–Crippen LogP) is 4.83. The molecule has 2 fully saturated rings. The van der Waals surface area contributed by atoms with Crippen LogP contribution < -0.4 is 11.1 Å². The van der Waals surface area contributed by atoms with E-state index >= 15 is 0 Å². The Morgan fingerprint density at radius 1 is 1.23 bits per heavy atom. The Morgan fingerprint density at radius 2 is 1.97 bits per heavy atom. The van der Waals surface area contributed by atoms with Gasteiger partial charge in [-0.05, 0) is 93.2 Å². The number of hydrogen-bond donors (Lipinski definition) is 3. The molecule has 1 aromatic carbocycles. The standard InChI is InChI=1S/C27H35N3O3.C2H6/c1-16-21(13-22(17(2)31)27(28)33)23(20-6-4-12-29-15-20)14-24(30-16)26-19(5-3-7-25(26)32)11-10-18-8-9-18;1-2/h3,5,7,14,18,20,22,29,32H,4,6,8-13,15H2,1-2H3,(H2,28,33);1-2H3. The minimum atomic E-state index is -0.856. The number of Topliss-reactive ketones (excluding diaryl/α,β-unsaturated/α-hetero) is 1. The van der Waals surface area contributed by atoms with Crippen molar-refractivity contribution in [3.63, 3.8) is 0 Å². The van der Waals surface area contributed by atoms with Crippen LogP contribution in [0.2, 0.25) is 0 Å². The van der Waals surface area contributed by atoms with Crippen molar-refractivity contribution in [3.8, 4) is 17.0 Å². The van der Waals surface area contributed by atoms with Crippen LogP contribution in [-0.4, -0.2) is 34.9 Å². The van der Waals surface area contributed by atoms with Crippen molar-refractivity contribution in [2.75, 3.05) is 13.1 Å². The molecule has 0 bridgehead atoms. The summed E-state index contributed by atoms with van der Waals surface area (Å²) in [4.78, 5) is 29.0. The molecule has 190 valence electrons. The number of ketones is 1. The third-order valence-electron chi connectivity index (χ3n) is 7.25. The smallest absolute Gasteiger partial charge is 0.228 e. The van der Waals surface area contributed by atoms with Crippen LogP contribution in [0.25, 0.3) is 11.3 Å². The molecule has 1 aromatic heterocycles. The molecule has 35 heavy (non-hydrogen) atoms. The van der Waals surface area contributed by atoms with Gasteiger partial charge in [-0.3, -0.25) is 14.6 Å². The number of carbonyl (C=O) groups is 2. The van der Waals surface area contributed by atoms with E-state index in [-0.39, 0.29) is 23.9 Å². The summed E-state index contributed by atoms with van der Waals surface area (Å²) in [7, 11) is 0. The fraction of sp³-hybridized carbons (Fsp3) is 0.552. The highest BCUT2D eigenvalue weighted by atomic mass is 16.3. The molecule has 4 N–H and O–H groups in total. The summed E-state index contributed by atoms with van der Waals surface area (Å²) in [5.74, 6) is -0.363. The normalized spacial score (nSPS) is 18.3. The van der Waals surface area contributed by atoms with Gasteiger partial charge in [-0.15, -0.1) is 0 Å². The topological polar surface area (TPSA) is 105 Å². The number of aryl methyl sites for hydroxylation is 2. The van der Waals surface area contributed by atoms with Gasteiger partial charge in [0.25, 0.3) is 0 Å². The van der Waals surface area contributed by atoms with Gasteiger partial charge in [0.2, 0.25) is 5.91 Å². The molecule has 0 radical (unpaired) electrons. The van der Waals surface area contributed by atoms with Crippen molar-refractivity contribution in [3.05, 3.63) is 46.6 Å². The third-order valence-corrected chi connectivity index (χ3v) is 7.25. The van der Waals surface area contributed by atoms with Crippen molar-refractivity contribution in [1.29, 1.82) is 0 Å². The van der Waals surface area contributed by atoms with Crippen LogP contribution in [0.1, 0.15) is 81.2 Å². The Labute approximate surface area is 209 Å². The summed E-state index contributed by atoms with van der Waals surface area (Å²) < 4.78 is 0. The second-order valence-electron chi connectivity index (χ2n) is 9.77. The van der Waals surface area contributed by atoms with Crippen LogP contribution in [0.5, 0.6) is 5.75 Å². The van der Waals surface area contributed by atoms with Gasteiger partial charge >= 0.3 is 0 Å². The molecule has 0 spiro atoms. The summed E-state index contributed by atoms with van der Waals surface area (Å²) in [5.41, 5.74) is 11.1. The molecule has 1 aliphatic carbocycles. The number of benzene rings is 1. The highest BCUT2D eigenvalue weighted by Gasteiger charge is 2.28. The summed E-state index contributed by atoms with van der Waals surface area (Å²) >= 11 is 0. The van der Waals surface area contributed by atoms with E-state index in [2.05, 4.69) is 17.4 Å². The molecule has 1 aliphatic heterocycles. The number of carbonyl (C=O) groups excluding carboxylic acids is 2. The first-order valence-electron chi connectivity index (χ1n) is 13.2. The number of amides is 1. The minimum Gasteiger partial charge on any atom is -0.507 e. The van der Waals surface area contributed by atoms with Gasteiger partial charge in [-0.1, -0.05) is 38.8 Å². The zero-order valence-electron chi connectivity index (χ0n) is 21.7. The summed E-state index contributed by atoms with van der Waals surface area (Å²) in [6.07, 6.45) is 7.02. The molecule has 1 amide bonds. The zero-order valence-corrected chi connectivity index (χ0v) is 21.7. The third kappa shape index (κ3) is 6.69. The number of aromatic hydroxyl groups is 1. The number of aromatic nitrogens is 1. The molecule has 4 rings (SSSR count). The first-order valence-corrected chi connectivity index (χ1v) is 13.2. The van der Waals surface area contributed by atoms with Crippen LogP contribution >= 0.6 is 0 Å². The Morgan fingerprint density at radius 3 is 2.57 bits per heavy atom. The Hall–Kier alpha value is -2.73. The average Bonchev–Trinajstić information content (AvgIpc) is 3.67. The van der Waals surface area contributed by atoms with Crippen molar-refractivity contribution in [2.45, 2.75) is 78.6 Å². The number of nitrogens with zero attached hydrogens (tertiary/aromatic N) is 1. The molecular weight excluding hydrogens is 438 g/mol. The second-order valence-corrected chi connectivity index (χ2v) is 9.77. The van der Waals surface area contributed by atoms with Gasteiger partial charge in [0, 0.05) is 17.8 Å². The first-order chi connectivity index (χ1) is 16.8. The van der Waals surface area contributed by atoms with E-state index in [0.717, 1.165) is 78.3 Å². The number of nitrogens with two attached hydrogens (primary N) is 1. The van der Waals surface area contributed by atoms with Crippen LogP contribution in [-0.2, 0) is 22.4 Å². The second kappa shape index (κ2) is 12.3. The average molecular weight is 480 g/mol. The maximum atomic E-state index is 12.1. The predicted molar refractivity (Wildman–Crippen MR) is 140 cm³/mol. The van der Waals surface area contributed by atoms with Gasteiger partial charge < -0.3 is 16.2 Å². The Bertz CT molecular complexity index is 1030. The number of rotatable bonds is 9. The lowest BCUT2D eigenvalue weighted by Gasteiger charge is -2.27. The zero-order chi connectivity index (χ0) is 25.5. The number of phenolic OH excluding ortho intramolecular Hbond substituents is 1. The monoisotopic (exact) mass is 479 g/mol. The molecular formula is C29H41N3O3. The first kappa shape index (κ1) is 26.9. The minimum absolute atomic E-state index is 0.221. The molecule has 6 heteroatoms. The molecule has 1 saturated heterocycles. The van der Waals surface area contributed by atoms with Crippen LogP contribution in [0.4, 0.5) is 0 Å². The van der Waals surface area contributed by atoms with Crippen molar-refractivity contribution in [1.82, 2.24) is 10.3 Å². The number of piperidine rings is 1. The number of nitrogens with one attached hydrogen (secondary N) is 1. The van der Waals surface area contributed by atoms with Crippen LogP contribution in [0.15, 0.2) is 24.3 Å². The lowest BCUT2D eigenvalue weighted by molar-refractivity contribution is -0.130. The molecule has 2 atom stereocenters. The fourth-order valence-corrected chi connectivity index (χ4v) is 5.10. The summed E-state index contributed by atoms with van der Waals surface area (Å²) in [6.45, 7) is 9.18. The van der Waals surface area contributed by atoms with E-state index in [4.69, 9.17) is 10.7 Å². The van der Waals surface area contributed by atoms with E-state index in [1.807, 2.05) is 26.8 Å². The van der Waals surface area contributed by atoms with Gasteiger partial charge in [0.1, 0.15) is 17.5 Å². The van der Waals surface area contributed by atoms with Crippen LogP contribution in [0, 0.1) is 18.8 Å². The van der Waals surface area contributed by atoms with Gasteiger partial charge in [0.05, 0.1) is 5.69 Å². The fourth-order valence-electron chi connectivity index (χ4n) is 5.10. The molecule has 6 nitrogen and oxygen atoms in total. The maximum Gasteiger partial charge on any atom is 0.228 e. The van der Waals surface area contributed by atoms with E-state index in [0.29, 0.717) is 0 Å². The lowest BCUT2D eigenvalue weighted by atomic mass is 9.82. The molecule has 2 unspecified atom stereocenters. The van der Waals surface area contributed by atoms with E-state index < -0.39 is 11.8 Å². The van der Waals surface area contributed by atoms with Gasteiger partial charge in [-0.25, -0.2) is 0 Å². The van der Waals surface area contributed by atoms with Crippen molar-refractivity contribution < 1.29 is 14.7 Å². The van der Waals surface area contributed by atoms with E-state index in [9.17, 15) is 14.7 Å². The van der Waals surface area contributed by atoms with E-state index in [1.165, 1.54) is 19.8 Å². The number of pyridine rings is 1. The highest BCUT2D eigenvalue weighted by Crippen LogP contribution is 2.39. The molecule has 1 saturated carbocycles. The highest BCUT2D eigenvalue weighted by molar-refractivity contribution is 5.99. The van der Waals surface area contributed by atoms with E-state index in [1.54, 1.807) is 6.07 Å². The van der Waals surface area contributed by atoms with Crippen molar-refractivity contribution >= 4 is 11.7 Å². The number of phenols is 1. The van der Waals surface area contributed by atoms with Crippen LogP contribution in [0.3, 0.4) is 0 Å². The van der Waals surface area contributed by atoms with Gasteiger partial charge in [0.15, 0.2) is 0 Å². The molecule has 2 aromatic rings. The molecule has 2 heterocycles. The quantitative estimate of drug-likeness (QED) is 0.447. The summed E-state index contributed by atoms with van der Waals surface area (Å²) in [6, 6.07) is 7.79. The van der Waals surface area contributed by atoms with Gasteiger partial charge in [-0.2, -0.15) is 0 Å².